The molecule has 1 aliphatic heterocycles. The van der Waals surface area contributed by atoms with Gasteiger partial charge >= 0.3 is 0 Å². The maximum atomic E-state index is 12.5. The van der Waals surface area contributed by atoms with E-state index in [4.69, 9.17) is 0 Å². The molecular weight excluding hydrogens is 258 g/mol. The number of sulfonamides is 1. The standard InChI is InChI=1S/C11H17NO3S2/c1-8-6-11(9(2)16-8)17(14,15)12-5-3-4-10(12)7-13/h6,10,13H,3-5,7H2,1-2H3/t10-/m0/s1. The predicted octanol–water partition coefficient (Wildman–Crippen LogP) is 1.51. The first-order valence-corrected chi connectivity index (χ1v) is 7.92. The number of nitrogens with zero attached hydrogens (tertiary/aromatic N) is 1. The molecule has 0 radical (unpaired) electrons. The van der Waals surface area contributed by atoms with Gasteiger partial charge in [-0.25, -0.2) is 8.42 Å². The molecule has 0 saturated carbocycles. The van der Waals surface area contributed by atoms with Gasteiger partial charge in [-0.3, -0.25) is 0 Å². The van der Waals surface area contributed by atoms with Crippen molar-refractivity contribution in [2.24, 2.45) is 0 Å². The van der Waals surface area contributed by atoms with Crippen LogP contribution in [0.2, 0.25) is 0 Å². The quantitative estimate of drug-likeness (QED) is 0.909. The molecule has 96 valence electrons. The zero-order valence-corrected chi connectivity index (χ0v) is 11.6. The lowest BCUT2D eigenvalue weighted by Gasteiger charge is -2.22. The minimum absolute atomic E-state index is 0.0958. The van der Waals surface area contributed by atoms with E-state index in [0.717, 1.165) is 22.6 Å². The highest BCUT2D eigenvalue weighted by molar-refractivity contribution is 7.89. The van der Waals surface area contributed by atoms with E-state index in [9.17, 15) is 13.5 Å². The Kier molecular flexibility index (Phi) is 3.58. The van der Waals surface area contributed by atoms with Gasteiger partial charge in [0.05, 0.1) is 11.5 Å². The number of thiophene rings is 1. The van der Waals surface area contributed by atoms with Gasteiger partial charge in [-0.15, -0.1) is 11.3 Å². The fraction of sp³-hybridized carbons (Fsp3) is 0.636. The Morgan fingerprint density at radius 2 is 2.24 bits per heavy atom. The molecule has 0 amide bonds. The number of rotatable bonds is 3. The van der Waals surface area contributed by atoms with E-state index >= 15 is 0 Å². The summed E-state index contributed by atoms with van der Waals surface area (Å²) in [5.74, 6) is 0. The van der Waals surface area contributed by atoms with Crippen molar-refractivity contribution in [1.29, 1.82) is 0 Å². The Labute approximate surface area is 106 Å². The van der Waals surface area contributed by atoms with Crippen molar-refractivity contribution in [2.75, 3.05) is 13.2 Å². The van der Waals surface area contributed by atoms with Crippen molar-refractivity contribution in [3.8, 4) is 0 Å². The molecule has 1 atom stereocenters. The molecule has 1 aliphatic rings. The molecule has 2 rings (SSSR count). The maximum Gasteiger partial charge on any atom is 0.244 e. The van der Waals surface area contributed by atoms with Crippen LogP contribution in [-0.4, -0.2) is 37.0 Å². The highest BCUT2D eigenvalue weighted by atomic mass is 32.2. The Hall–Kier alpha value is -0.430. The number of aryl methyl sites for hydroxylation is 2. The molecule has 6 heteroatoms. The minimum atomic E-state index is -3.43. The largest absolute Gasteiger partial charge is 0.395 e. The molecule has 1 aromatic rings. The van der Waals surface area contributed by atoms with Crippen LogP contribution in [-0.2, 0) is 10.0 Å². The normalized spacial score (nSPS) is 22.2. The predicted molar refractivity (Wildman–Crippen MR) is 67.8 cm³/mol. The first-order valence-electron chi connectivity index (χ1n) is 5.66. The summed E-state index contributed by atoms with van der Waals surface area (Å²) in [4.78, 5) is 2.23. The summed E-state index contributed by atoms with van der Waals surface area (Å²) in [6.07, 6.45) is 1.57. The zero-order valence-electron chi connectivity index (χ0n) is 10.0. The second kappa shape index (κ2) is 4.68. The zero-order chi connectivity index (χ0) is 12.6. The summed E-state index contributed by atoms with van der Waals surface area (Å²) in [7, 11) is -3.43. The number of hydrogen-bond acceptors (Lipinski definition) is 4. The summed E-state index contributed by atoms with van der Waals surface area (Å²) in [6.45, 7) is 4.15. The fourth-order valence-corrected chi connectivity index (χ4v) is 5.51. The van der Waals surface area contributed by atoms with E-state index in [1.807, 2.05) is 13.8 Å². The smallest absolute Gasteiger partial charge is 0.244 e. The molecule has 0 aliphatic carbocycles. The van der Waals surface area contributed by atoms with Crippen LogP contribution in [0.4, 0.5) is 0 Å². The van der Waals surface area contributed by atoms with Crippen LogP contribution in [0.3, 0.4) is 0 Å². The van der Waals surface area contributed by atoms with E-state index < -0.39 is 10.0 Å². The molecule has 1 N–H and O–H groups in total. The number of aliphatic hydroxyl groups excluding tert-OH is 1. The summed E-state index contributed by atoms with van der Waals surface area (Å²) in [5.41, 5.74) is 0. The van der Waals surface area contributed by atoms with Crippen LogP contribution in [0, 0.1) is 13.8 Å². The summed E-state index contributed by atoms with van der Waals surface area (Å²) in [5, 5.41) is 9.22. The molecule has 2 heterocycles. The second-order valence-electron chi connectivity index (χ2n) is 4.37. The Morgan fingerprint density at radius 3 is 2.76 bits per heavy atom. The lowest BCUT2D eigenvalue weighted by Crippen LogP contribution is -2.37. The maximum absolute atomic E-state index is 12.5. The first kappa shape index (κ1) is 13.0. The summed E-state index contributed by atoms with van der Waals surface area (Å²) >= 11 is 1.50. The molecule has 1 fully saturated rings. The number of aliphatic hydroxyl groups is 1. The second-order valence-corrected chi connectivity index (χ2v) is 7.69. The highest BCUT2D eigenvalue weighted by Gasteiger charge is 2.36. The topological polar surface area (TPSA) is 57.6 Å². The molecule has 0 aromatic carbocycles. The van der Waals surface area contributed by atoms with Gasteiger partial charge in [-0.1, -0.05) is 0 Å². The van der Waals surface area contributed by atoms with Crippen LogP contribution in [0.15, 0.2) is 11.0 Å². The minimum Gasteiger partial charge on any atom is -0.395 e. The van der Waals surface area contributed by atoms with Crippen LogP contribution >= 0.6 is 11.3 Å². The Bertz CT molecular complexity index is 507. The van der Waals surface area contributed by atoms with E-state index in [-0.39, 0.29) is 12.6 Å². The average molecular weight is 275 g/mol. The third-order valence-corrected chi connectivity index (χ3v) is 6.29. The van der Waals surface area contributed by atoms with Crippen molar-refractivity contribution < 1.29 is 13.5 Å². The van der Waals surface area contributed by atoms with Gasteiger partial charge in [-0.05, 0) is 32.8 Å². The number of hydrogen-bond donors (Lipinski definition) is 1. The average Bonchev–Trinajstić information content (AvgIpc) is 2.84. The molecule has 1 aromatic heterocycles. The van der Waals surface area contributed by atoms with Gasteiger partial charge in [0.25, 0.3) is 0 Å². The van der Waals surface area contributed by atoms with Crippen LogP contribution in [0.25, 0.3) is 0 Å². The van der Waals surface area contributed by atoms with Crippen LogP contribution in [0.1, 0.15) is 22.6 Å². The van der Waals surface area contributed by atoms with Crippen molar-refractivity contribution in [3.05, 3.63) is 15.8 Å². The lowest BCUT2D eigenvalue weighted by atomic mass is 10.2. The van der Waals surface area contributed by atoms with E-state index in [1.165, 1.54) is 15.6 Å². The molecule has 1 saturated heterocycles. The third-order valence-electron chi connectivity index (χ3n) is 3.12. The van der Waals surface area contributed by atoms with Crippen molar-refractivity contribution in [2.45, 2.75) is 37.6 Å². The molecule has 0 bridgehead atoms. The summed E-state index contributed by atoms with van der Waals surface area (Å²) in [6, 6.07) is 1.47. The fourth-order valence-electron chi connectivity index (χ4n) is 2.30. The van der Waals surface area contributed by atoms with E-state index in [1.54, 1.807) is 6.07 Å². The van der Waals surface area contributed by atoms with Gasteiger partial charge in [0.1, 0.15) is 0 Å². The Balaban J connectivity index is 2.39. The lowest BCUT2D eigenvalue weighted by molar-refractivity contribution is 0.213. The van der Waals surface area contributed by atoms with E-state index in [2.05, 4.69) is 0 Å². The van der Waals surface area contributed by atoms with Gasteiger partial charge in [0.15, 0.2) is 0 Å². The van der Waals surface area contributed by atoms with Crippen molar-refractivity contribution in [1.82, 2.24) is 4.31 Å². The molecule has 4 nitrogen and oxygen atoms in total. The van der Waals surface area contributed by atoms with Crippen molar-refractivity contribution in [3.63, 3.8) is 0 Å². The molecule has 0 spiro atoms. The molecule has 17 heavy (non-hydrogen) atoms. The van der Waals surface area contributed by atoms with Gasteiger partial charge in [0.2, 0.25) is 10.0 Å². The van der Waals surface area contributed by atoms with Crippen molar-refractivity contribution >= 4 is 21.4 Å². The highest BCUT2D eigenvalue weighted by Crippen LogP contribution is 2.31. The monoisotopic (exact) mass is 275 g/mol. The van der Waals surface area contributed by atoms with Gasteiger partial charge in [0, 0.05) is 22.3 Å². The van der Waals surface area contributed by atoms with Gasteiger partial charge < -0.3 is 5.11 Å². The summed E-state index contributed by atoms with van der Waals surface area (Å²) < 4.78 is 26.4. The SMILES string of the molecule is Cc1cc(S(=O)(=O)N2CCC[C@H]2CO)c(C)s1. The van der Waals surface area contributed by atoms with Gasteiger partial charge in [-0.2, -0.15) is 4.31 Å². The van der Waals surface area contributed by atoms with Crippen LogP contribution < -0.4 is 0 Å². The Morgan fingerprint density at radius 1 is 1.53 bits per heavy atom. The van der Waals surface area contributed by atoms with E-state index in [0.29, 0.717) is 11.4 Å². The molecular formula is C11H17NO3S2. The van der Waals surface area contributed by atoms with Crippen LogP contribution in [0.5, 0.6) is 0 Å². The third kappa shape index (κ3) is 2.27. The first-order chi connectivity index (χ1) is 7.96. The molecule has 0 unspecified atom stereocenters.